The van der Waals surface area contributed by atoms with Crippen LogP contribution in [0.2, 0.25) is 0 Å². The van der Waals surface area contributed by atoms with Crippen molar-refractivity contribution in [3.05, 3.63) is 45.9 Å². The maximum Gasteiger partial charge on any atom is 0.140 e. The quantitative estimate of drug-likeness (QED) is 0.715. The van der Waals surface area contributed by atoms with Crippen molar-refractivity contribution in [1.82, 2.24) is 4.98 Å². The second-order valence-corrected chi connectivity index (χ2v) is 6.32. The molecule has 3 rings (SSSR count). The zero-order chi connectivity index (χ0) is 15.5. The maximum atomic E-state index is 13.6. The molecule has 22 heavy (non-hydrogen) atoms. The molecule has 0 amide bonds. The molecule has 0 N–H and O–H groups in total. The number of pyridine rings is 1. The summed E-state index contributed by atoms with van der Waals surface area (Å²) < 4.78 is 25.4. The Balaban J connectivity index is 1.77. The Bertz CT molecular complexity index is 668. The average Bonchev–Trinajstić information content (AvgIpc) is 2.51. The van der Waals surface area contributed by atoms with Gasteiger partial charge in [0.1, 0.15) is 23.1 Å². The molecule has 0 radical (unpaired) electrons. The van der Waals surface area contributed by atoms with Gasteiger partial charge in [0.15, 0.2) is 0 Å². The fraction of sp³-hybridized carbons (Fsp3) is 0.312. The van der Waals surface area contributed by atoms with Crippen LogP contribution in [0.1, 0.15) is 6.92 Å². The highest BCUT2D eigenvalue weighted by molar-refractivity contribution is 14.1. The number of benzene rings is 1. The average molecular weight is 414 g/mol. The van der Waals surface area contributed by atoms with Gasteiger partial charge >= 0.3 is 0 Å². The number of rotatable bonds is 3. The van der Waals surface area contributed by atoms with Gasteiger partial charge < -0.3 is 14.4 Å². The standard InChI is InChI=1S/C16H16FIN2O2/c1-11-10-20(6-7-21-11)16-9-13(4-5-19-16)22-12-2-3-15(18)14(17)8-12/h2-5,8-9,11H,6-7,10H2,1H3. The van der Waals surface area contributed by atoms with Gasteiger partial charge in [-0.2, -0.15) is 0 Å². The molecule has 116 valence electrons. The van der Waals surface area contributed by atoms with E-state index < -0.39 is 0 Å². The minimum atomic E-state index is -0.283. The van der Waals surface area contributed by atoms with E-state index in [1.807, 2.05) is 35.6 Å². The van der Waals surface area contributed by atoms with Gasteiger partial charge in [-0.25, -0.2) is 9.37 Å². The molecule has 2 aromatic rings. The highest BCUT2D eigenvalue weighted by Crippen LogP contribution is 2.26. The summed E-state index contributed by atoms with van der Waals surface area (Å²) >= 11 is 1.95. The Hall–Kier alpha value is -1.41. The molecule has 4 nitrogen and oxygen atoms in total. The van der Waals surface area contributed by atoms with Crippen LogP contribution >= 0.6 is 22.6 Å². The summed E-state index contributed by atoms with van der Waals surface area (Å²) in [7, 11) is 0. The maximum absolute atomic E-state index is 13.6. The molecule has 1 aromatic carbocycles. The first-order valence-electron chi connectivity index (χ1n) is 7.07. The molecule has 1 fully saturated rings. The van der Waals surface area contributed by atoms with Crippen LogP contribution in [0.15, 0.2) is 36.5 Å². The summed E-state index contributed by atoms with van der Waals surface area (Å²) in [5.41, 5.74) is 0. The summed E-state index contributed by atoms with van der Waals surface area (Å²) in [5, 5.41) is 0. The number of halogens is 2. The van der Waals surface area contributed by atoms with Gasteiger partial charge in [-0.1, -0.05) is 0 Å². The van der Waals surface area contributed by atoms with Crippen LogP contribution in [0.3, 0.4) is 0 Å². The van der Waals surface area contributed by atoms with E-state index in [0.717, 1.165) is 18.9 Å². The van der Waals surface area contributed by atoms with E-state index in [9.17, 15) is 4.39 Å². The van der Waals surface area contributed by atoms with Gasteiger partial charge in [0, 0.05) is 35.0 Å². The minimum Gasteiger partial charge on any atom is -0.457 e. The van der Waals surface area contributed by atoms with E-state index in [-0.39, 0.29) is 11.9 Å². The summed E-state index contributed by atoms with van der Waals surface area (Å²) in [6, 6.07) is 8.47. The van der Waals surface area contributed by atoms with Gasteiger partial charge in [0.05, 0.1) is 12.7 Å². The Labute approximate surface area is 142 Å². The van der Waals surface area contributed by atoms with Crippen molar-refractivity contribution in [2.75, 3.05) is 24.6 Å². The van der Waals surface area contributed by atoms with Crippen molar-refractivity contribution in [2.45, 2.75) is 13.0 Å². The predicted octanol–water partition coefficient (Wildman–Crippen LogP) is 3.84. The number of hydrogen-bond acceptors (Lipinski definition) is 4. The topological polar surface area (TPSA) is 34.6 Å². The third-order valence-electron chi connectivity index (χ3n) is 3.41. The molecule has 0 spiro atoms. The van der Waals surface area contributed by atoms with Gasteiger partial charge in [-0.15, -0.1) is 0 Å². The molecule has 1 atom stereocenters. The molecule has 0 bridgehead atoms. The zero-order valence-electron chi connectivity index (χ0n) is 12.1. The van der Waals surface area contributed by atoms with Crippen LogP contribution in [0, 0.1) is 9.39 Å². The Morgan fingerprint density at radius 2 is 2.14 bits per heavy atom. The highest BCUT2D eigenvalue weighted by Gasteiger charge is 2.18. The van der Waals surface area contributed by atoms with E-state index in [1.54, 1.807) is 24.4 Å². The van der Waals surface area contributed by atoms with E-state index in [4.69, 9.17) is 9.47 Å². The van der Waals surface area contributed by atoms with Crippen LogP contribution in [-0.2, 0) is 4.74 Å². The van der Waals surface area contributed by atoms with Gasteiger partial charge in [0.2, 0.25) is 0 Å². The van der Waals surface area contributed by atoms with Crippen LogP contribution in [0.25, 0.3) is 0 Å². The lowest BCUT2D eigenvalue weighted by atomic mass is 10.3. The summed E-state index contributed by atoms with van der Waals surface area (Å²) in [5.74, 6) is 1.68. The fourth-order valence-electron chi connectivity index (χ4n) is 2.34. The van der Waals surface area contributed by atoms with Crippen molar-refractivity contribution in [2.24, 2.45) is 0 Å². The summed E-state index contributed by atoms with van der Waals surface area (Å²) in [6.07, 6.45) is 1.89. The molecule has 1 aromatic heterocycles. The van der Waals surface area contributed by atoms with Crippen LogP contribution in [0.4, 0.5) is 10.2 Å². The largest absolute Gasteiger partial charge is 0.457 e. The second-order valence-electron chi connectivity index (χ2n) is 5.16. The van der Waals surface area contributed by atoms with Gasteiger partial charge in [-0.05, 0) is 47.7 Å². The fourth-order valence-corrected chi connectivity index (χ4v) is 2.67. The third kappa shape index (κ3) is 3.67. The van der Waals surface area contributed by atoms with Crippen molar-refractivity contribution in [1.29, 1.82) is 0 Å². The number of morpholine rings is 1. The zero-order valence-corrected chi connectivity index (χ0v) is 14.3. The van der Waals surface area contributed by atoms with Crippen molar-refractivity contribution in [3.8, 4) is 11.5 Å². The Morgan fingerprint density at radius 3 is 2.91 bits per heavy atom. The Kier molecular flexibility index (Phi) is 4.77. The van der Waals surface area contributed by atoms with Crippen LogP contribution in [-0.4, -0.2) is 30.8 Å². The normalized spacial score (nSPS) is 18.3. The lowest BCUT2D eigenvalue weighted by Gasteiger charge is -2.32. The van der Waals surface area contributed by atoms with Gasteiger partial charge in [0.25, 0.3) is 0 Å². The molecule has 2 heterocycles. The number of aromatic nitrogens is 1. The summed E-state index contributed by atoms with van der Waals surface area (Å²) in [6.45, 7) is 4.34. The molecule has 1 aliphatic rings. The number of nitrogens with zero attached hydrogens (tertiary/aromatic N) is 2. The smallest absolute Gasteiger partial charge is 0.140 e. The number of anilines is 1. The van der Waals surface area contributed by atoms with E-state index in [1.165, 1.54) is 6.07 Å². The first-order chi connectivity index (χ1) is 10.6. The van der Waals surface area contributed by atoms with Crippen molar-refractivity contribution < 1.29 is 13.9 Å². The predicted molar refractivity (Wildman–Crippen MR) is 91.1 cm³/mol. The molecule has 6 heteroatoms. The molecular formula is C16H16FIN2O2. The minimum absolute atomic E-state index is 0.186. The van der Waals surface area contributed by atoms with Gasteiger partial charge in [-0.3, -0.25) is 0 Å². The van der Waals surface area contributed by atoms with E-state index >= 15 is 0 Å². The lowest BCUT2D eigenvalue weighted by molar-refractivity contribution is 0.0529. The second kappa shape index (κ2) is 6.78. The Morgan fingerprint density at radius 1 is 1.32 bits per heavy atom. The first kappa shape index (κ1) is 15.5. The monoisotopic (exact) mass is 414 g/mol. The van der Waals surface area contributed by atoms with Crippen molar-refractivity contribution >= 4 is 28.4 Å². The van der Waals surface area contributed by atoms with Crippen LogP contribution in [0.5, 0.6) is 11.5 Å². The molecule has 1 aliphatic heterocycles. The summed E-state index contributed by atoms with van der Waals surface area (Å²) in [4.78, 5) is 6.55. The number of ether oxygens (including phenoxy) is 2. The molecule has 0 saturated carbocycles. The SMILES string of the molecule is CC1CN(c2cc(Oc3ccc(I)c(F)c3)ccn2)CCO1. The van der Waals surface area contributed by atoms with E-state index in [0.29, 0.717) is 21.7 Å². The lowest BCUT2D eigenvalue weighted by Crippen LogP contribution is -2.41. The first-order valence-corrected chi connectivity index (χ1v) is 8.15. The molecule has 1 unspecified atom stereocenters. The van der Waals surface area contributed by atoms with Crippen molar-refractivity contribution in [3.63, 3.8) is 0 Å². The third-order valence-corrected chi connectivity index (χ3v) is 4.28. The van der Waals surface area contributed by atoms with Crippen LogP contribution < -0.4 is 9.64 Å². The number of hydrogen-bond donors (Lipinski definition) is 0. The highest BCUT2D eigenvalue weighted by atomic mass is 127. The molecular weight excluding hydrogens is 398 g/mol. The van der Waals surface area contributed by atoms with E-state index in [2.05, 4.69) is 9.88 Å². The molecule has 1 saturated heterocycles. The molecule has 0 aliphatic carbocycles.